The van der Waals surface area contributed by atoms with Crippen molar-refractivity contribution < 1.29 is 13.2 Å². The molecule has 0 atom stereocenters. The summed E-state index contributed by atoms with van der Waals surface area (Å²) in [5.41, 5.74) is 1.29. The van der Waals surface area contributed by atoms with Crippen molar-refractivity contribution in [3.05, 3.63) is 35.4 Å². The predicted octanol–water partition coefficient (Wildman–Crippen LogP) is 1.70. The van der Waals surface area contributed by atoms with Crippen molar-refractivity contribution in [2.75, 3.05) is 27.2 Å². The predicted molar refractivity (Wildman–Crippen MR) is 82.5 cm³/mol. The molecule has 1 amide bonds. The van der Waals surface area contributed by atoms with E-state index in [9.17, 15) is 13.2 Å². The Hall–Kier alpha value is -1.40. The van der Waals surface area contributed by atoms with Crippen molar-refractivity contribution in [1.29, 1.82) is 0 Å². The zero-order valence-corrected chi connectivity index (χ0v) is 13.4. The molecular formula is C15H22N2O3S. The van der Waals surface area contributed by atoms with Crippen LogP contribution in [-0.4, -0.2) is 50.7 Å². The summed E-state index contributed by atoms with van der Waals surface area (Å²) >= 11 is 0. The van der Waals surface area contributed by atoms with Crippen LogP contribution >= 0.6 is 0 Å². The second kappa shape index (κ2) is 6.58. The first kappa shape index (κ1) is 16.0. The van der Waals surface area contributed by atoms with Crippen molar-refractivity contribution >= 4 is 15.9 Å². The van der Waals surface area contributed by atoms with Crippen molar-refractivity contribution in [2.24, 2.45) is 0 Å². The standard InChI is InChI=1S/C15H22N2O3S/c1-16(2)15(18)14-8-6-13(7-9-14)12-21(19,20)17-10-4-3-5-11-17/h6-9H,3-5,10-12H2,1-2H3. The van der Waals surface area contributed by atoms with Gasteiger partial charge in [-0.2, -0.15) is 0 Å². The smallest absolute Gasteiger partial charge is 0.253 e. The fraction of sp³-hybridized carbons (Fsp3) is 0.533. The number of hydrogen-bond acceptors (Lipinski definition) is 3. The van der Waals surface area contributed by atoms with Crippen molar-refractivity contribution in [3.63, 3.8) is 0 Å². The molecule has 0 aliphatic carbocycles. The highest BCUT2D eigenvalue weighted by molar-refractivity contribution is 7.88. The van der Waals surface area contributed by atoms with Crippen LogP contribution in [0.3, 0.4) is 0 Å². The van der Waals surface area contributed by atoms with E-state index in [2.05, 4.69) is 0 Å². The molecule has 1 aliphatic heterocycles. The van der Waals surface area contributed by atoms with Crippen LogP contribution in [0.15, 0.2) is 24.3 Å². The normalized spacial score (nSPS) is 16.7. The van der Waals surface area contributed by atoms with Gasteiger partial charge in [-0.3, -0.25) is 4.79 Å². The average molecular weight is 310 g/mol. The van der Waals surface area contributed by atoms with E-state index in [1.807, 2.05) is 0 Å². The van der Waals surface area contributed by atoms with Gasteiger partial charge in [0.25, 0.3) is 5.91 Å². The van der Waals surface area contributed by atoms with Gasteiger partial charge in [0.15, 0.2) is 0 Å². The SMILES string of the molecule is CN(C)C(=O)c1ccc(CS(=O)(=O)N2CCCCC2)cc1. The molecule has 0 unspecified atom stereocenters. The van der Waals surface area contributed by atoms with Crippen molar-refractivity contribution in [3.8, 4) is 0 Å². The van der Waals surface area contributed by atoms with Gasteiger partial charge in [-0.05, 0) is 30.5 Å². The molecule has 1 aromatic rings. The van der Waals surface area contributed by atoms with E-state index in [4.69, 9.17) is 0 Å². The first-order valence-corrected chi connectivity index (χ1v) is 8.79. The highest BCUT2D eigenvalue weighted by atomic mass is 32.2. The van der Waals surface area contributed by atoms with Gasteiger partial charge < -0.3 is 4.90 Å². The van der Waals surface area contributed by atoms with E-state index in [1.54, 1.807) is 42.7 Å². The lowest BCUT2D eigenvalue weighted by molar-refractivity contribution is 0.0827. The largest absolute Gasteiger partial charge is 0.345 e. The Bertz CT molecular complexity index is 588. The quantitative estimate of drug-likeness (QED) is 0.850. The van der Waals surface area contributed by atoms with Gasteiger partial charge in [0.2, 0.25) is 10.0 Å². The van der Waals surface area contributed by atoms with Gasteiger partial charge in [-0.1, -0.05) is 18.6 Å². The summed E-state index contributed by atoms with van der Waals surface area (Å²) in [5.74, 6) is -0.0795. The number of amides is 1. The summed E-state index contributed by atoms with van der Waals surface area (Å²) in [6, 6.07) is 6.81. The molecule has 2 rings (SSSR count). The molecule has 1 heterocycles. The Balaban J connectivity index is 2.07. The molecule has 0 aromatic heterocycles. The van der Waals surface area contributed by atoms with E-state index in [1.165, 1.54) is 4.90 Å². The van der Waals surface area contributed by atoms with Crippen LogP contribution in [0.1, 0.15) is 35.2 Å². The molecule has 21 heavy (non-hydrogen) atoms. The number of hydrogen-bond donors (Lipinski definition) is 0. The molecule has 0 saturated carbocycles. The molecule has 1 aliphatic rings. The number of nitrogens with zero attached hydrogens (tertiary/aromatic N) is 2. The van der Waals surface area contributed by atoms with Crippen molar-refractivity contribution in [2.45, 2.75) is 25.0 Å². The monoisotopic (exact) mass is 310 g/mol. The maximum Gasteiger partial charge on any atom is 0.253 e. The van der Waals surface area contributed by atoms with E-state index in [0.29, 0.717) is 18.7 Å². The van der Waals surface area contributed by atoms with Gasteiger partial charge in [-0.15, -0.1) is 0 Å². The zero-order chi connectivity index (χ0) is 15.5. The fourth-order valence-electron chi connectivity index (χ4n) is 2.45. The summed E-state index contributed by atoms with van der Waals surface area (Å²) in [6.45, 7) is 1.25. The summed E-state index contributed by atoms with van der Waals surface area (Å²) in [5, 5.41) is 0. The number of carbonyl (C=O) groups is 1. The summed E-state index contributed by atoms with van der Waals surface area (Å²) in [7, 11) is 0.135. The van der Waals surface area contributed by atoms with Crippen LogP contribution in [0.25, 0.3) is 0 Å². The second-order valence-electron chi connectivity index (χ2n) is 5.61. The van der Waals surface area contributed by atoms with Gasteiger partial charge in [0.05, 0.1) is 5.75 Å². The van der Waals surface area contributed by atoms with Crippen LogP contribution in [-0.2, 0) is 15.8 Å². The third-order valence-corrected chi connectivity index (χ3v) is 5.51. The van der Waals surface area contributed by atoms with Gasteiger partial charge in [0, 0.05) is 32.7 Å². The van der Waals surface area contributed by atoms with Crippen LogP contribution in [0.4, 0.5) is 0 Å². The molecule has 116 valence electrons. The summed E-state index contributed by atoms with van der Waals surface area (Å²) in [6.07, 6.45) is 2.98. The highest BCUT2D eigenvalue weighted by Crippen LogP contribution is 2.17. The molecule has 0 bridgehead atoms. The Morgan fingerprint density at radius 1 is 1.10 bits per heavy atom. The minimum Gasteiger partial charge on any atom is -0.345 e. The van der Waals surface area contributed by atoms with Crippen LogP contribution in [0, 0.1) is 0 Å². The van der Waals surface area contributed by atoms with E-state index < -0.39 is 10.0 Å². The Morgan fingerprint density at radius 2 is 1.67 bits per heavy atom. The lowest BCUT2D eigenvalue weighted by Crippen LogP contribution is -2.36. The van der Waals surface area contributed by atoms with Gasteiger partial charge in [0.1, 0.15) is 0 Å². The van der Waals surface area contributed by atoms with E-state index >= 15 is 0 Å². The molecule has 1 fully saturated rings. The van der Waals surface area contributed by atoms with Crippen molar-refractivity contribution in [1.82, 2.24) is 9.21 Å². The summed E-state index contributed by atoms with van der Waals surface area (Å²) in [4.78, 5) is 13.3. The number of carbonyl (C=O) groups excluding carboxylic acids is 1. The fourth-order valence-corrected chi connectivity index (χ4v) is 4.06. The van der Waals surface area contributed by atoms with Gasteiger partial charge in [-0.25, -0.2) is 12.7 Å². The molecule has 1 aromatic carbocycles. The lowest BCUT2D eigenvalue weighted by Gasteiger charge is -2.25. The zero-order valence-electron chi connectivity index (χ0n) is 12.6. The molecule has 6 heteroatoms. The third kappa shape index (κ3) is 4.04. The Kier molecular flexibility index (Phi) is 5.00. The summed E-state index contributed by atoms with van der Waals surface area (Å²) < 4.78 is 26.2. The van der Waals surface area contributed by atoms with Crippen LogP contribution in [0.5, 0.6) is 0 Å². The maximum atomic E-state index is 12.3. The molecular weight excluding hydrogens is 288 g/mol. The molecule has 0 radical (unpaired) electrons. The van der Waals surface area contributed by atoms with Crippen LogP contribution in [0.2, 0.25) is 0 Å². The minimum absolute atomic E-state index is 0.00341. The minimum atomic E-state index is -3.25. The first-order valence-electron chi connectivity index (χ1n) is 7.18. The Labute approximate surface area is 126 Å². The molecule has 0 N–H and O–H groups in total. The topological polar surface area (TPSA) is 57.7 Å². The second-order valence-corrected chi connectivity index (χ2v) is 7.58. The van der Waals surface area contributed by atoms with E-state index in [0.717, 1.165) is 24.8 Å². The Morgan fingerprint density at radius 3 is 2.19 bits per heavy atom. The molecule has 0 spiro atoms. The number of rotatable bonds is 4. The van der Waals surface area contributed by atoms with E-state index in [-0.39, 0.29) is 11.7 Å². The van der Waals surface area contributed by atoms with Crippen LogP contribution < -0.4 is 0 Å². The average Bonchev–Trinajstić information content (AvgIpc) is 2.48. The first-order chi connectivity index (χ1) is 9.90. The molecule has 5 nitrogen and oxygen atoms in total. The maximum absolute atomic E-state index is 12.3. The lowest BCUT2D eigenvalue weighted by atomic mass is 10.1. The molecule has 1 saturated heterocycles. The van der Waals surface area contributed by atoms with Gasteiger partial charge >= 0.3 is 0 Å². The number of sulfonamides is 1. The third-order valence-electron chi connectivity index (χ3n) is 3.66. The number of benzene rings is 1. The number of piperidine rings is 1. The highest BCUT2D eigenvalue weighted by Gasteiger charge is 2.24.